The second-order valence-electron chi connectivity index (χ2n) is 5.54. The molecule has 21 heavy (non-hydrogen) atoms. The quantitative estimate of drug-likeness (QED) is 0.647. The van der Waals surface area contributed by atoms with Crippen molar-refractivity contribution in [2.45, 2.75) is 32.4 Å². The minimum Gasteiger partial charge on any atom is -0.493 e. The van der Waals surface area contributed by atoms with Crippen molar-refractivity contribution in [1.82, 2.24) is 9.55 Å². The zero-order valence-electron chi connectivity index (χ0n) is 12.3. The molecule has 0 unspecified atom stereocenters. The third-order valence-corrected chi connectivity index (χ3v) is 3.10. The van der Waals surface area contributed by atoms with Gasteiger partial charge in [0.15, 0.2) is 11.5 Å². The fourth-order valence-corrected chi connectivity index (χ4v) is 1.99. The van der Waals surface area contributed by atoms with Gasteiger partial charge in [0, 0.05) is 24.2 Å². The van der Waals surface area contributed by atoms with Crippen molar-refractivity contribution in [3.05, 3.63) is 18.5 Å². The van der Waals surface area contributed by atoms with E-state index in [-0.39, 0.29) is 11.3 Å². The van der Waals surface area contributed by atoms with Gasteiger partial charge in [-0.05, 0) is 20.3 Å². The summed E-state index contributed by atoms with van der Waals surface area (Å²) in [4.78, 5) is 14.9. The summed E-state index contributed by atoms with van der Waals surface area (Å²) in [7, 11) is 1.46. The molecule has 2 aromatic rings. The van der Waals surface area contributed by atoms with Crippen molar-refractivity contribution in [2.24, 2.45) is 5.73 Å². The second kappa shape index (κ2) is 5.61. The number of aryl methyl sites for hydroxylation is 1. The fourth-order valence-electron chi connectivity index (χ4n) is 1.99. The average Bonchev–Trinajstić information content (AvgIpc) is 2.76. The van der Waals surface area contributed by atoms with Crippen LogP contribution in [0.3, 0.4) is 0 Å². The fraction of sp³-hybridized carbons (Fsp3) is 0.429. The Labute approximate surface area is 122 Å². The highest BCUT2D eigenvalue weighted by Crippen LogP contribution is 2.32. The molecule has 2 rings (SSSR count). The van der Waals surface area contributed by atoms with Gasteiger partial charge in [0.2, 0.25) is 0 Å². The first-order chi connectivity index (χ1) is 9.80. The molecule has 1 aromatic carbocycles. The zero-order valence-corrected chi connectivity index (χ0v) is 12.3. The molecule has 0 saturated heterocycles. The average molecular weight is 293 g/mol. The number of nitrogens with two attached hydrogens (primary N) is 1. The van der Waals surface area contributed by atoms with Gasteiger partial charge < -0.3 is 24.9 Å². The number of ether oxygens (including phenoxy) is 2. The van der Waals surface area contributed by atoms with Crippen molar-refractivity contribution in [3.63, 3.8) is 0 Å². The van der Waals surface area contributed by atoms with Gasteiger partial charge in [-0.3, -0.25) is 0 Å². The molecule has 3 N–H and O–H groups in total. The topological polar surface area (TPSA) is 99.6 Å². The summed E-state index contributed by atoms with van der Waals surface area (Å²) >= 11 is 0. The molecule has 0 atom stereocenters. The summed E-state index contributed by atoms with van der Waals surface area (Å²) in [6, 6.07) is 3.26. The van der Waals surface area contributed by atoms with Crippen LogP contribution in [0.4, 0.5) is 4.79 Å². The molecule has 0 amide bonds. The monoisotopic (exact) mass is 293 g/mol. The highest BCUT2D eigenvalue weighted by Gasteiger charge is 2.15. The van der Waals surface area contributed by atoms with Crippen molar-refractivity contribution < 1.29 is 19.4 Å². The van der Waals surface area contributed by atoms with E-state index in [0.717, 1.165) is 11.9 Å². The van der Waals surface area contributed by atoms with Crippen LogP contribution in [0.5, 0.6) is 11.5 Å². The lowest BCUT2D eigenvalue weighted by atomic mass is 10.0. The highest BCUT2D eigenvalue weighted by molar-refractivity contribution is 5.81. The lowest BCUT2D eigenvalue weighted by Gasteiger charge is -2.18. The Morgan fingerprint density at radius 3 is 2.71 bits per heavy atom. The van der Waals surface area contributed by atoms with Crippen LogP contribution in [0, 0.1) is 0 Å². The lowest BCUT2D eigenvalue weighted by Crippen LogP contribution is -2.33. The van der Waals surface area contributed by atoms with Crippen LogP contribution in [0.1, 0.15) is 20.3 Å². The van der Waals surface area contributed by atoms with Crippen molar-refractivity contribution >= 4 is 17.2 Å². The third-order valence-electron chi connectivity index (χ3n) is 3.10. The van der Waals surface area contributed by atoms with Gasteiger partial charge in [0.25, 0.3) is 0 Å². The van der Waals surface area contributed by atoms with E-state index in [9.17, 15) is 4.79 Å². The molecule has 0 aliphatic carbocycles. The molecular weight excluding hydrogens is 274 g/mol. The first kappa shape index (κ1) is 15.1. The summed E-state index contributed by atoms with van der Waals surface area (Å²) in [5.41, 5.74) is 7.20. The summed E-state index contributed by atoms with van der Waals surface area (Å²) in [6.45, 7) is 4.64. The van der Waals surface area contributed by atoms with Gasteiger partial charge in [0.1, 0.15) is 0 Å². The molecule has 0 fully saturated rings. The number of hydrogen-bond donors (Lipinski definition) is 2. The van der Waals surface area contributed by atoms with Gasteiger partial charge in [-0.1, -0.05) is 0 Å². The van der Waals surface area contributed by atoms with Crippen LogP contribution in [-0.4, -0.2) is 33.5 Å². The van der Waals surface area contributed by atoms with Crippen LogP contribution >= 0.6 is 0 Å². The summed E-state index contributed by atoms with van der Waals surface area (Å²) in [5.74, 6) is 0.473. The minimum absolute atomic E-state index is 0.127. The number of hydrogen-bond acceptors (Lipinski definition) is 5. The lowest BCUT2D eigenvalue weighted by molar-refractivity contribution is 0.143. The van der Waals surface area contributed by atoms with E-state index in [1.807, 2.05) is 18.4 Å². The number of benzene rings is 1. The molecule has 0 bridgehead atoms. The summed E-state index contributed by atoms with van der Waals surface area (Å²) < 4.78 is 11.8. The third kappa shape index (κ3) is 3.63. The van der Waals surface area contributed by atoms with Crippen molar-refractivity contribution in [3.8, 4) is 11.5 Å². The van der Waals surface area contributed by atoms with Crippen LogP contribution in [0.15, 0.2) is 18.5 Å². The number of fused-ring (bicyclic) bond motifs is 1. The van der Waals surface area contributed by atoms with Crippen molar-refractivity contribution in [2.75, 3.05) is 7.11 Å². The van der Waals surface area contributed by atoms with E-state index in [2.05, 4.69) is 4.98 Å². The largest absolute Gasteiger partial charge is 0.511 e. The van der Waals surface area contributed by atoms with E-state index >= 15 is 0 Å². The Morgan fingerprint density at radius 1 is 1.43 bits per heavy atom. The first-order valence-corrected chi connectivity index (χ1v) is 6.53. The van der Waals surface area contributed by atoms with E-state index in [1.165, 1.54) is 7.11 Å². The number of carboxylic acid groups (broad SMARTS) is 1. The minimum atomic E-state index is -1.39. The molecule has 0 saturated carbocycles. The zero-order chi connectivity index (χ0) is 15.6. The predicted octanol–water partition coefficient (Wildman–Crippen LogP) is 2.23. The number of rotatable bonds is 5. The van der Waals surface area contributed by atoms with Crippen LogP contribution in [0.25, 0.3) is 11.0 Å². The van der Waals surface area contributed by atoms with Gasteiger partial charge in [0.05, 0.1) is 24.5 Å². The summed E-state index contributed by atoms with van der Waals surface area (Å²) in [6.07, 6.45) is 1.09. The molecule has 1 heterocycles. The van der Waals surface area contributed by atoms with Crippen LogP contribution < -0.4 is 15.2 Å². The van der Waals surface area contributed by atoms with Crippen molar-refractivity contribution in [1.29, 1.82) is 0 Å². The maximum absolute atomic E-state index is 10.7. The maximum atomic E-state index is 10.7. The van der Waals surface area contributed by atoms with Crippen LogP contribution in [0.2, 0.25) is 0 Å². The predicted molar refractivity (Wildman–Crippen MR) is 77.8 cm³/mol. The molecule has 7 heteroatoms. The Bertz CT molecular complexity index is 658. The number of nitrogens with zero attached hydrogens (tertiary/aromatic N) is 2. The molecular formula is C14H19N3O4. The number of methoxy groups -OCH3 is 1. The van der Waals surface area contributed by atoms with E-state index in [0.29, 0.717) is 17.8 Å². The Balaban J connectivity index is 2.37. The molecule has 0 radical (unpaired) electrons. The van der Waals surface area contributed by atoms with E-state index < -0.39 is 6.16 Å². The number of aromatic nitrogens is 2. The van der Waals surface area contributed by atoms with Gasteiger partial charge in [-0.2, -0.15) is 0 Å². The molecule has 7 nitrogen and oxygen atoms in total. The molecule has 0 aliphatic heterocycles. The van der Waals surface area contributed by atoms with Crippen LogP contribution in [-0.2, 0) is 6.54 Å². The smallest absolute Gasteiger partial charge is 0.493 e. The van der Waals surface area contributed by atoms with Gasteiger partial charge in [-0.25, -0.2) is 9.78 Å². The first-order valence-electron chi connectivity index (χ1n) is 6.53. The number of imidazole rings is 1. The van der Waals surface area contributed by atoms with Gasteiger partial charge >= 0.3 is 6.16 Å². The summed E-state index contributed by atoms with van der Waals surface area (Å²) in [5, 5.41) is 8.72. The standard InChI is InChI=1S/C14H19N3O4/c1-14(2,15)4-5-17-8-16-9-6-12(21-13(18)19)11(20-3)7-10(9)17/h6-8H,4-5,15H2,1-3H3,(H,18,19). The van der Waals surface area contributed by atoms with E-state index in [4.69, 9.17) is 20.3 Å². The van der Waals surface area contributed by atoms with Gasteiger partial charge in [-0.15, -0.1) is 0 Å². The Morgan fingerprint density at radius 2 is 2.14 bits per heavy atom. The Kier molecular flexibility index (Phi) is 4.04. The Hall–Kier alpha value is -2.28. The molecule has 114 valence electrons. The highest BCUT2D eigenvalue weighted by atomic mass is 16.7. The SMILES string of the molecule is COc1cc2c(cc1OC(=O)O)ncn2CCC(C)(C)N. The number of carbonyl (C=O) groups is 1. The second-order valence-corrected chi connectivity index (χ2v) is 5.54. The molecule has 0 spiro atoms. The normalized spacial score (nSPS) is 11.6. The molecule has 0 aliphatic rings. The maximum Gasteiger partial charge on any atom is 0.511 e. The van der Waals surface area contributed by atoms with E-state index in [1.54, 1.807) is 18.5 Å². The molecule has 1 aromatic heterocycles.